The van der Waals surface area contributed by atoms with Gasteiger partial charge >= 0.3 is 0 Å². The van der Waals surface area contributed by atoms with Crippen molar-refractivity contribution in [2.45, 2.75) is 33.2 Å². The van der Waals surface area contributed by atoms with Crippen LogP contribution in [0, 0.1) is 12.8 Å². The van der Waals surface area contributed by atoms with Crippen LogP contribution >= 0.6 is 12.4 Å². The predicted octanol–water partition coefficient (Wildman–Crippen LogP) is 1.55. The van der Waals surface area contributed by atoms with Gasteiger partial charge in [0, 0.05) is 31.9 Å². The van der Waals surface area contributed by atoms with E-state index in [1.165, 1.54) is 12.3 Å². The lowest BCUT2D eigenvalue weighted by Crippen LogP contribution is -2.35. The number of aryl methyl sites for hydroxylation is 1. The van der Waals surface area contributed by atoms with Gasteiger partial charge in [0.15, 0.2) is 0 Å². The van der Waals surface area contributed by atoms with E-state index in [0.29, 0.717) is 23.6 Å². The first-order chi connectivity index (χ1) is 8.82. The molecule has 1 rings (SSSR count). The Labute approximate surface area is 126 Å². The number of nitrogens with two attached hydrogens (primary N) is 1. The lowest BCUT2D eigenvalue weighted by Gasteiger charge is -2.22. The zero-order chi connectivity index (χ0) is 14.6. The molecule has 6 heteroatoms. The van der Waals surface area contributed by atoms with Crippen molar-refractivity contribution in [3.8, 4) is 0 Å². The Morgan fingerprint density at radius 1 is 1.45 bits per heavy atom. The summed E-state index contributed by atoms with van der Waals surface area (Å²) in [4.78, 5) is 27.5. The third-order valence-electron chi connectivity index (χ3n) is 3.36. The average Bonchev–Trinajstić information content (AvgIpc) is 2.34. The van der Waals surface area contributed by atoms with Crippen LogP contribution in [-0.4, -0.2) is 35.4 Å². The zero-order valence-electron chi connectivity index (χ0n) is 12.5. The van der Waals surface area contributed by atoms with Crippen LogP contribution in [0.5, 0.6) is 0 Å². The van der Waals surface area contributed by atoms with Gasteiger partial charge in [-0.15, -0.1) is 12.4 Å². The number of aromatic nitrogens is 1. The topological polar surface area (TPSA) is 79.2 Å². The fourth-order valence-corrected chi connectivity index (χ4v) is 1.79. The molecule has 0 spiro atoms. The standard InChI is InChI=1S/C14H23N3O2.ClH/c1-9(2)12(15)5-6-17(4)14(19)11-8-16-13(18)7-10(11)3;/h7-9,12H,5-6,15H2,1-4H3,(H,16,18);1H. The van der Waals surface area contributed by atoms with Gasteiger partial charge in [-0.3, -0.25) is 9.59 Å². The van der Waals surface area contributed by atoms with E-state index in [1.807, 2.05) is 0 Å². The predicted molar refractivity (Wildman–Crippen MR) is 83.4 cm³/mol. The Bertz CT molecular complexity index is 499. The minimum absolute atomic E-state index is 0. The Hall–Kier alpha value is -1.33. The maximum absolute atomic E-state index is 12.2. The van der Waals surface area contributed by atoms with E-state index in [9.17, 15) is 9.59 Å². The van der Waals surface area contributed by atoms with Crippen LogP contribution in [0.25, 0.3) is 0 Å². The van der Waals surface area contributed by atoms with E-state index in [1.54, 1.807) is 18.9 Å². The fourth-order valence-electron chi connectivity index (χ4n) is 1.79. The number of aromatic amines is 1. The van der Waals surface area contributed by atoms with Crippen molar-refractivity contribution in [1.29, 1.82) is 0 Å². The summed E-state index contributed by atoms with van der Waals surface area (Å²) >= 11 is 0. The number of H-pyrrole nitrogens is 1. The lowest BCUT2D eigenvalue weighted by atomic mass is 10.0. The summed E-state index contributed by atoms with van der Waals surface area (Å²) in [5, 5.41) is 0. The van der Waals surface area contributed by atoms with Gasteiger partial charge in [-0.2, -0.15) is 0 Å². The number of pyridine rings is 1. The first-order valence-corrected chi connectivity index (χ1v) is 6.53. The van der Waals surface area contributed by atoms with Gasteiger partial charge in [0.2, 0.25) is 5.56 Å². The van der Waals surface area contributed by atoms with Crippen molar-refractivity contribution in [3.05, 3.63) is 33.7 Å². The van der Waals surface area contributed by atoms with Crippen molar-refractivity contribution in [2.75, 3.05) is 13.6 Å². The number of carbonyl (C=O) groups excluding carboxylic acids is 1. The number of rotatable bonds is 5. The molecule has 0 aliphatic heterocycles. The van der Waals surface area contributed by atoms with Crippen molar-refractivity contribution in [1.82, 2.24) is 9.88 Å². The monoisotopic (exact) mass is 301 g/mol. The van der Waals surface area contributed by atoms with Crippen LogP contribution in [0.2, 0.25) is 0 Å². The smallest absolute Gasteiger partial charge is 0.255 e. The second-order valence-corrected chi connectivity index (χ2v) is 5.32. The van der Waals surface area contributed by atoms with Gasteiger partial charge in [-0.25, -0.2) is 0 Å². The number of amides is 1. The number of halogens is 1. The molecule has 1 unspecified atom stereocenters. The molecule has 0 radical (unpaired) electrons. The summed E-state index contributed by atoms with van der Waals surface area (Å²) < 4.78 is 0. The van der Waals surface area contributed by atoms with Crippen molar-refractivity contribution < 1.29 is 4.79 Å². The van der Waals surface area contributed by atoms with E-state index in [2.05, 4.69) is 18.8 Å². The highest BCUT2D eigenvalue weighted by atomic mass is 35.5. The molecular formula is C14H24ClN3O2. The normalized spacial score (nSPS) is 11.9. The molecule has 114 valence electrons. The van der Waals surface area contributed by atoms with Crippen LogP contribution in [-0.2, 0) is 0 Å². The first kappa shape index (κ1) is 18.7. The van der Waals surface area contributed by atoms with Crippen molar-refractivity contribution in [3.63, 3.8) is 0 Å². The molecule has 3 N–H and O–H groups in total. The molecule has 20 heavy (non-hydrogen) atoms. The Kier molecular flexibility index (Phi) is 7.53. The summed E-state index contributed by atoms with van der Waals surface area (Å²) in [5.41, 5.74) is 6.99. The summed E-state index contributed by atoms with van der Waals surface area (Å²) in [5.74, 6) is 0.308. The second kappa shape index (κ2) is 8.07. The summed E-state index contributed by atoms with van der Waals surface area (Å²) in [7, 11) is 1.75. The van der Waals surface area contributed by atoms with E-state index >= 15 is 0 Å². The number of nitrogens with zero attached hydrogens (tertiary/aromatic N) is 1. The van der Waals surface area contributed by atoms with Crippen LogP contribution in [0.4, 0.5) is 0 Å². The third-order valence-corrected chi connectivity index (χ3v) is 3.36. The van der Waals surface area contributed by atoms with Gasteiger partial charge < -0.3 is 15.6 Å². The van der Waals surface area contributed by atoms with Crippen LogP contribution in [0.3, 0.4) is 0 Å². The molecule has 1 amide bonds. The maximum Gasteiger partial charge on any atom is 0.255 e. The second-order valence-electron chi connectivity index (χ2n) is 5.32. The molecule has 1 aromatic rings. The molecule has 0 aliphatic carbocycles. The number of hydrogen-bond donors (Lipinski definition) is 2. The molecule has 0 saturated heterocycles. The molecule has 0 aliphatic rings. The van der Waals surface area contributed by atoms with E-state index in [0.717, 1.165) is 6.42 Å². The highest BCUT2D eigenvalue weighted by molar-refractivity contribution is 5.95. The zero-order valence-corrected chi connectivity index (χ0v) is 13.3. The quantitative estimate of drug-likeness (QED) is 0.866. The average molecular weight is 302 g/mol. The summed E-state index contributed by atoms with van der Waals surface area (Å²) in [6, 6.07) is 1.52. The third kappa shape index (κ3) is 4.98. The van der Waals surface area contributed by atoms with E-state index in [4.69, 9.17) is 5.73 Å². The number of nitrogens with one attached hydrogen (secondary N) is 1. The van der Waals surface area contributed by atoms with Crippen molar-refractivity contribution >= 4 is 18.3 Å². The van der Waals surface area contributed by atoms with Gasteiger partial charge in [0.25, 0.3) is 5.91 Å². The molecule has 1 atom stereocenters. The molecule has 0 bridgehead atoms. The summed E-state index contributed by atoms with van der Waals surface area (Å²) in [6.07, 6.45) is 2.24. The van der Waals surface area contributed by atoms with Crippen molar-refractivity contribution in [2.24, 2.45) is 11.7 Å². The Morgan fingerprint density at radius 2 is 2.05 bits per heavy atom. The van der Waals surface area contributed by atoms with Crippen LogP contribution < -0.4 is 11.3 Å². The lowest BCUT2D eigenvalue weighted by molar-refractivity contribution is 0.0788. The SMILES string of the molecule is Cc1cc(=O)[nH]cc1C(=O)N(C)CCC(N)C(C)C.Cl. The number of hydrogen-bond acceptors (Lipinski definition) is 3. The van der Waals surface area contributed by atoms with Gasteiger partial charge in [-0.05, 0) is 24.8 Å². The maximum atomic E-state index is 12.2. The van der Waals surface area contributed by atoms with Crippen LogP contribution in [0.1, 0.15) is 36.2 Å². The molecule has 5 nitrogen and oxygen atoms in total. The first-order valence-electron chi connectivity index (χ1n) is 6.53. The molecule has 0 fully saturated rings. The highest BCUT2D eigenvalue weighted by Gasteiger charge is 2.16. The molecule has 1 heterocycles. The van der Waals surface area contributed by atoms with Gasteiger partial charge in [0.05, 0.1) is 5.56 Å². The molecule has 0 aromatic carbocycles. The minimum atomic E-state index is -0.196. The Morgan fingerprint density at radius 3 is 2.55 bits per heavy atom. The highest BCUT2D eigenvalue weighted by Crippen LogP contribution is 2.09. The van der Waals surface area contributed by atoms with E-state index < -0.39 is 0 Å². The minimum Gasteiger partial charge on any atom is -0.342 e. The molecular weight excluding hydrogens is 278 g/mol. The molecule has 1 aromatic heterocycles. The van der Waals surface area contributed by atoms with E-state index in [-0.39, 0.29) is 29.9 Å². The van der Waals surface area contributed by atoms with Crippen LogP contribution in [0.15, 0.2) is 17.1 Å². The Balaban J connectivity index is 0.00000361. The fraction of sp³-hybridized carbons (Fsp3) is 0.571. The number of carbonyl (C=O) groups is 1. The van der Waals surface area contributed by atoms with Gasteiger partial charge in [0.1, 0.15) is 0 Å². The van der Waals surface area contributed by atoms with Gasteiger partial charge in [-0.1, -0.05) is 13.8 Å². The summed E-state index contributed by atoms with van der Waals surface area (Å²) in [6.45, 7) is 6.50. The molecule has 0 saturated carbocycles. The largest absolute Gasteiger partial charge is 0.342 e.